The Labute approximate surface area is 197 Å². The van der Waals surface area contributed by atoms with E-state index in [-0.39, 0.29) is 16.3 Å². The lowest BCUT2D eigenvalue weighted by Crippen LogP contribution is -2.16. The zero-order valence-corrected chi connectivity index (χ0v) is 19.8. The first-order valence-corrected chi connectivity index (χ1v) is 11.7. The van der Waals surface area contributed by atoms with Crippen molar-refractivity contribution in [2.75, 3.05) is 30.9 Å². The average molecular weight is 491 g/mol. The van der Waals surface area contributed by atoms with Crippen LogP contribution >= 0.6 is 11.6 Å². The number of nitrogens with one attached hydrogen (secondary N) is 2. The minimum atomic E-state index is -3.99. The molecule has 0 saturated carbocycles. The van der Waals surface area contributed by atoms with Gasteiger partial charge in [-0.1, -0.05) is 11.6 Å². The Bertz CT molecular complexity index is 1250. The van der Waals surface area contributed by atoms with Gasteiger partial charge in [-0.05, 0) is 61.5 Å². The van der Waals surface area contributed by atoms with Crippen molar-refractivity contribution in [2.45, 2.75) is 11.8 Å². The van der Waals surface area contributed by atoms with Crippen molar-refractivity contribution in [2.24, 2.45) is 0 Å². The molecule has 3 aromatic carbocycles. The maximum absolute atomic E-state index is 13.0. The zero-order chi connectivity index (χ0) is 24.0. The number of ether oxygens (including phenoxy) is 3. The SMILES string of the molecule is CCOc1ccc(S(=O)(=O)Nc2ccc(OC)c(OC)c2)cc1NC(=O)c1ccc(Cl)cc1. The van der Waals surface area contributed by atoms with E-state index in [1.165, 1.54) is 38.5 Å². The van der Waals surface area contributed by atoms with Gasteiger partial charge in [0.25, 0.3) is 15.9 Å². The molecule has 3 aromatic rings. The molecule has 174 valence electrons. The Morgan fingerprint density at radius 2 is 1.58 bits per heavy atom. The van der Waals surface area contributed by atoms with E-state index in [9.17, 15) is 13.2 Å². The summed E-state index contributed by atoms with van der Waals surface area (Å²) in [5.74, 6) is 0.744. The van der Waals surface area contributed by atoms with Crippen LogP contribution in [0.1, 0.15) is 17.3 Å². The Morgan fingerprint density at radius 3 is 2.21 bits per heavy atom. The van der Waals surface area contributed by atoms with Crippen molar-refractivity contribution in [1.29, 1.82) is 0 Å². The molecule has 0 heterocycles. The van der Waals surface area contributed by atoms with Gasteiger partial charge in [0, 0.05) is 16.7 Å². The third kappa shape index (κ3) is 5.88. The fourth-order valence-electron chi connectivity index (χ4n) is 2.96. The van der Waals surface area contributed by atoms with Gasteiger partial charge in [-0.3, -0.25) is 9.52 Å². The molecule has 0 aliphatic carbocycles. The van der Waals surface area contributed by atoms with Crippen LogP contribution in [0.4, 0.5) is 11.4 Å². The molecule has 1 amide bonds. The molecule has 0 aliphatic heterocycles. The van der Waals surface area contributed by atoms with Gasteiger partial charge in [0.15, 0.2) is 11.5 Å². The van der Waals surface area contributed by atoms with Gasteiger partial charge in [0.1, 0.15) is 5.75 Å². The first-order valence-electron chi connectivity index (χ1n) is 9.86. The fourth-order valence-corrected chi connectivity index (χ4v) is 4.17. The minimum Gasteiger partial charge on any atom is -0.493 e. The number of benzene rings is 3. The number of halogens is 1. The lowest BCUT2D eigenvalue weighted by molar-refractivity contribution is 0.102. The highest BCUT2D eigenvalue weighted by Gasteiger charge is 2.19. The molecule has 3 rings (SSSR count). The molecule has 0 unspecified atom stereocenters. The van der Waals surface area contributed by atoms with Gasteiger partial charge in [0.2, 0.25) is 0 Å². The fraction of sp³-hybridized carbons (Fsp3) is 0.174. The number of rotatable bonds is 9. The number of sulfonamides is 1. The Balaban J connectivity index is 1.91. The van der Waals surface area contributed by atoms with Crippen molar-refractivity contribution in [3.63, 3.8) is 0 Å². The maximum atomic E-state index is 13.0. The maximum Gasteiger partial charge on any atom is 0.261 e. The number of methoxy groups -OCH3 is 2. The van der Waals surface area contributed by atoms with E-state index in [1.54, 1.807) is 43.3 Å². The number of carbonyl (C=O) groups is 1. The van der Waals surface area contributed by atoms with Crippen LogP contribution in [-0.4, -0.2) is 35.2 Å². The standard InChI is InChI=1S/C23H23ClN2O6S/c1-4-32-20-12-10-18(14-19(20)25-23(27)15-5-7-16(24)8-6-15)33(28,29)26-17-9-11-21(30-2)22(13-17)31-3/h5-14,26H,4H2,1-3H3,(H,25,27). The van der Waals surface area contributed by atoms with E-state index in [0.29, 0.717) is 34.4 Å². The molecule has 0 bridgehead atoms. The smallest absolute Gasteiger partial charge is 0.261 e. The van der Waals surface area contributed by atoms with E-state index in [4.69, 9.17) is 25.8 Å². The quantitative estimate of drug-likeness (QED) is 0.446. The molecule has 0 aromatic heterocycles. The van der Waals surface area contributed by atoms with E-state index in [1.807, 2.05) is 0 Å². The second-order valence-corrected chi connectivity index (χ2v) is 8.85. The monoisotopic (exact) mass is 490 g/mol. The summed E-state index contributed by atoms with van der Waals surface area (Å²) < 4.78 is 44.5. The summed E-state index contributed by atoms with van der Waals surface area (Å²) in [6.45, 7) is 2.12. The van der Waals surface area contributed by atoms with Crippen molar-refractivity contribution in [1.82, 2.24) is 0 Å². The van der Waals surface area contributed by atoms with Gasteiger partial charge in [-0.2, -0.15) is 0 Å². The largest absolute Gasteiger partial charge is 0.493 e. The molecule has 0 aliphatic rings. The number of hydrogen-bond acceptors (Lipinski definition) is 6. The van der Waals surface area contributed by atoms with Crippen LogP contribution < -0.4 is 24.2 Å². The summed E-state index contributed by atoms with van der Waals surface area (Å²) in [6.07, 6.45) is 0. The summed E-state index contributed by atoms with van der Waals surface area (Å²) in [4.78, 5) is 12.6. The van der Waals surface area contributed by atoms with Gasteiger partial charge < -0.3 is 19.5 Å². The molecule has 0 fully saturated rings. The second-order valence-electron chi connectivity index (χ2n) is 6.73. The third-order valence-electron chi connectivity index (χ3n) is 4.55. The van der Waals surface area contributed by atoms with Crippen LogP contribution in [0, 0.1) is 0 Å². The highest BCUT2D eigenvalue weighted by molar-refractivity contribution is 7.92. The lowest BCUT2D eigenvalue weighted by Gasteiger charge is -2.15. The molecule has 33 heavy (non-hydrogen) atoms. The van der Waals surface area contributed by atoms with E-state index < -0.39 is 15.9 Å². The number of amides is 1. The average Bonchev–Trinajstić information content (AvgIpc) is 2.80. The van der Waals surface area contributed by atoms with E-state index >= 15 is 0 Å². The van der Waals surface area contributed by atoms with Crippen LogP contribution in [0.3, 0.4) is 0 Å². The molecule has 2 N–H and O–H groups in total. The predicted octanol–water partition coefficient (Wildman–Crippen LogP) is 4.81. The molecule has 10 heteroatoms. The van der Waals surface area contributed by atoms with E-state index in [2.05, 4.69) is 10.0 Å². The van der Waals surface area contributed by atoms with Crippen LogP contribution in [0.25, 0.3) is 0 Å². The number of anilines is 2. The van der Waals surface area contributed by atoms with Crippen LogP contribution in [-0.2, 0) is 10.0 Å². The van der Waals surface area contributed by atoms with Crippen LogP contribution in [0.15, 0.2) is 65.6 Å². The number of hydrogen-bond donors (Lipinski definition) is 2. The highest BCUT2D eigenvalue weighted by atomic mass is 35.5. The molecule has 0 spiro atoms. The Morgan fingerprint density at radius 1 is 0.909 bits per heavy atom. The topological polar surface area (TPSA) is 103 Å². The van der Waals surface area contributed by atoms with Gasteiger partial charge >= 0.3 is 0 Å². The normalized spacial score (nSPS) is 10.9. The third-order valence-corrected chi connectivity index (χ3v) is 6.18. The van der Waals surface area contributed by atoms with Crippen molar-refractivity contribution in [3.05, 3.63) is 71.2 Å². The summed E-state index contributed by atoms with van der Waals surface area (Å²) >= 11 is 5.88. The zero-order valence-electron chi connectivity index (χ0n) is 18.2. The second kappa shape index (κ2) is 10.5. The summed E-state index contributed by atoms with van der Waals surface area (Å²) in [6, 6.07) is 15.2. The molecular weight excluding hydrogens is 468 g/mol. The van der Waals surface area contributed by atoms with Gasteiger partial charge in [-0.15, -0.1) is 0 Å². The van der Waals surface area contributed by atoms with Gasteiger partial charge in [0.05, 0.1) is 37.1 Å². The summed E-state index contributed by atoms with van der Waals surface area (Å²) in [5.41, 5.74) is 0.860. The molecular formula is C23H23ClN2O6S. The van der Waals surface area contributed by atoms with E-state index in [0.717, 1.165) is 0 Å². The van der Waals surface area contributed by atoms with Crippen molar-refractivity contribution in [3.8, 4) is 17.2 Å². The Hall–Kier alpha value is -3.43. The first kappa shape index (κ1) is 24.2. The first-order chi connectivity index (χ1) is 15.8. The molecule has 0 radical (unpaired) electrons. The number of carbonyl (C=O) groups excluding carboxylic acids is 1. The summed E-state index contributed by atoms with van der Waals surface area (Å²) in [5, 5.41) is 3.20. The minimum absolute atomic E-state index is 0.0628. The van der Waals surface area contributed by atoms with Crippen LogP contribution in [0.2, 0.25) is 5.02 Å². The van der Waals surface area contributed by atoms with Crippen molar-refractivity contribution >= 4 is 38.9 Å². The molecule has 0 saturated heterocycles. The summed E-state index contributed by atoms with van der Waals surface area (Å²) in [7, 11) is -1.04. The lowest BCUT2D eigenvalue weighted by atomic mass is 10.2. The molecule has 0 atom stereocenters. The van der Waals surface area contributed by atoms with Crippen LogP contribution in [0.5, 0.6) is 17.2 Å². The predicted molar refractivity (Wildman–Crippen MR) is 127 cm³/mol. The molecule has 8 nitrogen and oxygen atoms in total. The Kier molecular flexibility index (Phi) is 7.67. The van der Waals surface area contributed by atoms with Gasteiger partial charge in [-0.25, -0.2) is 8.42 Å². The van der Waals surface area contributed by atoms with Crippen molar-refractivity contribution < 1.29 is 27.4 Å². The highest BCUT2D eigenvalue weighted by Crippen LogP contribution is 2.32.